The lowest BCUT2D eigenvalue weighted by Crippen LogP contribution is -2.16. The van der Waals surface area contributed by atoms with Crippen LogP contribution in [0.15, 0.2) is 0 Å². The average Bonchev–Trinajstić information content (AvgIpc) is 2.39. The van der Waals surface area contributed by atoms with Gasteiger partial charge in [-0.2, -0.15) is 0 Å². The number of nitrogens with zero attached hydrogens (tertiary/aromatic N) is 1. The number of carbonyl (C=O) groups excluding carboxylic acids is 1. The van der Waals surface area contributed by atoms with Gasteiger partial charge >= 0.3 is 0 Å². The first-order valence-corrected chi connectivity index (χ1v) is 7.96. The third-order valence-corrected chi connectivity index (χ3v) is 3.54. The summed E-state index contributed by atoms with van der Waals surface area (Å²) >= 11 is 0. The molecule has 0 aromatic carbocycles. The van der Waals surface area contributed by atoms with E-state index < -0.39 is 0 Å². The Kier molecular flexibility index (Phi) is 14.1. The Morgan fingerprint density at radius 2 is 1.11 bits per heavy atom. The van der Waals surface area contributed by atoms with E-state index in [2.05, 4.69) is 6.92 Å². The van der Waals surface area contributed by atoms with E-state index in [0.29, 0.717) is 0 Å². The normalized spacial score (nSPS) is 10.6. The fraction of sp³-hybridized carbons (Fsp3) is 0.938. The Morgan fingerprint density at radius 1 is 0.722 bits per heavy atom. The van der Waals surface area contributed by atoms with Crippen molar-refractivity contribution in [1.29, 1.82) is 0 Å². The van der Waals surface area contributed by atoms with Crippen molar-refractivity contribution in [2.24, 2.45) is 0 Å². The maximum Gasteiger partial charge on any atom is 0.209 e. The van der Waals surface area contributed by atoms with E-state index >= 15 is 0 Å². The summed E-state index contributed by atoms with van der Waals surface area (Å²) in [4.78, 5) is 12.1. The second-order valence-corrected chi connectivity index (χ2v) is 5.48. The van der Waals surface area contributed by atoms with Crippen LogP contribution in [0.3, 0.4) is 0 Å². The lowest BCUT2D eigenvalue weighted by atomic mass is 10.1. The van der Waals surface area contributed by atoms with E-state index in [4.69, 9.17) is 0 Å². The van der Waals surface area contributed by atoms with Crippen molar-refractivity contribution in [2.75, 3.05) is 13.6 Å². The van der Waals surface area contributed by atoms with E-state index in [1.165, 1.54) is 70.6 Å². The highest BCUT2D eigenvalue weighted by Crippen LogP contribution is 2.11. The molecular weight excluding hydrogens is 222 g/mol. The summed E-state index contributed by atoms with van der Waals surface area (Å²) in [5, 5.41) is 0. The van der Waals surface area contributed by atoms with Crippen molar-refractivity contribution in [2.45, 2.75) is 84.0 Å². The number of amides is 1. The summed E-state index contributed by atoms with van der Waals surface area (Å²) in [5.41, 5.74) is 0. The van der Waals surface area contributed by atoms with Crippen LogP contribution in [0.4, 0.5) is 0 Å². The van der Waals surface area contributed by atoms with E-state index in [9.17, 15) is 4.79 Å². The Labute approximate surface area is 114 Å². The third-order valence-electron chi connectivity index (χ3n) is 3.54. The van der Waals surface area contributed by atoms with Gasteiger partial charge < -0.3 is 4.90 Å². The van der Waals surface area contributed by atoms with Crippen molar-refractivity contribution in [1.82, 2.24) is 4.90 Å². The molecule has 0 atom stereocenters. The van der Waals surface area contributed by atoms with E-state index in [-0.39, 0.29) is 0 Å². The Morgan fingerprint density at radius 3 is 1.50 bits per heavy atom. The number of carbonyl (C=O) groups is 1. The fourth-order valence-corrected chi connectivity index (χ4v) is 2.25. The van der Waals surface area contributed by atoms with Crippen LogP contribution in [-0.2, 0) is 4.79 Å². The van der Waals surface area contributed by atoms with Crippen molar-refractivity contribution in [3.63, 3.8) is 0 Å². The van der Waals surface area contributed by atoms with Gasteiger partial charge in [0.15, 0.2) is 0 Å². The largest absolute Gasteiger partial charge is 0.348 e. The molecule has 0 saturated carbocycles. The summed E-state index contributed by atoms with van der Waals surface area (Å²) < 4.78 is 0. The van der Waals surface area contributed by atoms with Gasteiger partial charge in [0.1, 0.15) is 0 Å². The Hall–Kier alpha value is -0.530. The summed E-state index contributed by atoms with van der Waals surface area (Å²) in [6.45, 7) is 3.19. The lowest BCUT2D eigenvalue weighted by molar-refractivity contribution is -0.117. The summed E-state index contributed by atoms with van der Waals surface area (Å²) in [6.07, 6.45) is 17.4. The molecule has 0 unspecified atom stereocenters. The number of hydrogen-bond donors (Lipinski definition) is 0. The van der Waals surface area contributed by atoms with Crippen LogP contribution in [0.2, 0.25) is 0 Å². The van der Waals surface area contributed by atoms with Crippen molar-refractivity contribution < 1.29 is 4.79 Å². The molecule has 0 rings (SSSR count). The summed E-state index contributed by atoms with van der Waals surface area (Å²) in [5.74, 6) is 0. The number of rotatable bonds is 14. The van der Waals surface area contributed by atoms with E-state index in [1.54, 1.807) is 4.90 Å². The highest BCUT2D eigenvalue weighted by molar-refractivity contribution is 5.46. The monoisotopic (exact) mass is 255 g/mol. The molecule has 2 nitrogen and oxygen atoms in total. The van der Waals surface area contributed by atoms with Gasteiger partial charge in [0, 0.05) is 13.6 Å². The van der Waals surface area contributed by atoms with Gasteiger partial charge in [0.2, 0.25) is 6.41 Å². The molecule has 0 bridgehead atoms. The van der Waals surface area contributed by atoms with Crippen LogP contribution < -0.4 is 0 Å². The highest BCUT2D eigenvalue weighted by atomic mass is 16.1. The van der Waals surface area contributed by atoms with Crippen LogP contribution >= 0.6 is 0 Å². The standard InChI is InChI=1S/C16H33NO/c1-3-4-5-6-7-8-9-10-11-12-13-14-15-17(2)16-18/h16H,3-15H2,1-2H3. The van der Waals surface area contributed by atoms with E-state index in [1.807, 2.05) is 7.05 Å². The molecule has 0 aliphatic carbocycles. The first-order chi connectivity index (χ1) is 8.81. The molecule has 0 spiro atoms. The Bertz CT molecular complexity index is 170. The zero-order chi connectivity index (χ0) is 13.5. The van der Waals surface area contributed by atoms with Gasteiger partial charge in [-0.25, -0.2) is 0 Å². The van der Waals surface area contributed by atoms with Crippen molar-refractivity contribution in [3.8, 4) is 0 Å². The molecule has 0 aromatic rings. The minimum Gasteiger partial charge on any atom is -0.348 e. The second-order valence-electron chi connectivity index (χ2n) is 5.48. The molecule has 1 amide bonds. The highest BCUT2D eigenvalue weighted by Gasteiger charge is 1.95. The summed E-state index contributed by atoms with van der Waals surface area (Å²) in [7, 11) is 1.85. The molecular formula is C16H33NO. The van der Waals surface area contributed by atoms with Gasteiger partial charge in [-0.05, 0) is 6.42 Å². The van der Waals surface area contributed by atoms with Gasteiger partial charge in [-0.15, -0.1) is 0 Å². The molecule has 0 radical (unpaired) electrons. The topological polar surface area (TPSA) is 20.3 Å². The summed E-state index contributed by atoms with van der Waals surface area (Å²) in [6, 6.07) is 0. The quantitative estimate of drug-likeness (QED) is 0.323. The Balaban J connectivity index is 2.96. The van der Waals surface area contributed by atoms with Gasteiger partial charge in [-0.3, -0.25) is 4.79 Å². The molecule has 108 valence electrons. The maximum atomic E-state index is 10.4. The van der Waals surface area contributed by atoms with Crippen LogP contribution in [0, 0.1) is 0 Å². The zero-order valence-corrected chi connectivity index (χ0v) is 12.6. The predicted octanol–water partition coefficient (Wildman–Crippen LogP) is 4.78. The minimum absolute atomic E-state index is 0.915. The lowest BCUT2D eigenvalue weighted by Gasteiger charge is -2.09. The van der Waals surface area contributed by atoms with Gasteiger partial charge in [0.25, 0.3) is 0 Å². The first-order valence-electron chi connectivity index (χ1n) is 7.96. The van der Waals surface area contributed by atoms with Crippen LogP contribution in [-0.4, -0.2) is 24.9 Å². The van der Waals surface area contributed by atoms with Gasteiger partial charge in [0.05, 0.1) is 0 Å². The van der Waals surface area contributed by atoms with Crippen molar-refractivity contribution in [3.05, 3.63) is 0 Å². The third kappa shape index (κ3) is 13.5. The molecule has 0 fully saturated rings. The van der Waals surface area contributed by atoms with Gasteiger partial charge in [-0.1, -0.05) is 77.6 Å². The molecule has 0 heterocycles. The number of hydrogen-bond acceptors (Lipinski definition) is 1. The zero-order valence-electron chi connectivity index (χ0n) is 12.6. The molecule has 0 saturated heterocycles. The average molecular weight is 255 g/mol. The fourth-order valence-electron chi connectivity index (χ4n) is 2.25. The molecule has 0 aromatic heterocycles. The van der Waals surface area contributed by atoms with E-state index in [0.717, 1.165) is 19.4 Å². The first kappa shape index (κ1) is 17.5. The van der Waals surface area contributed by atoms with Crippen LogP contribution in [0.5, 0.6) is 0 Å². The number of unbranched alkanes of at least 4 members (excludes halogenated alkanes) is 11. The SMILES string of the molecule is CCCCCCCCCCCCCCN(C)C=O. The van der Waals surface area contributed by atoms with Crippen LogP contribution in [0.1, 0.15) is 84.0 Å². The smallest absolute Gasteiger partial charge is 0.209 e. The maximum absolute atomic E-state index is 10.4. The molecule has 0 N–H and O–H groups in total. The minimum atomic E-state index is 0.915. The predicted molar refractivity (Wildman–Crippen MR) is 79.8 cm³/mol. The molecule has 0 aliphatic rings. The molecule has 0 aliphatic heterocycles. The second kappa shape index (κ2) is 14.5. The molecule has 2 heteroatoms. The molecule has 18 heavy (non-hydrogen) atoms. The van der Waals surface area contributed by atoms with Crippen LogP contribution in [0.25, 0.3) is 0 Å². The van der Waals surface area contributed by atoms with Crippen molar-refractivity contribution >= 4 is 6.41 Å².